The van der Waals surface area contributed by atoms with Crippen molar-refractivity contribution in [2.24, 2.45) is 28.6 Å². The van der Waals surface area contributed by atoms with E-state index in [0.717, 1.165) is 37.5 Å². The first kappa shape index (κ1) is 19.6. The molecule has 1 aromatic carbocycles. The molecular formula is C23H32N2O3S. The minimum absolute atomic E-state index is 0.159. The lowest BCUT2D eigenvalue weighted by Gasteiger charge is -2.60. The Morgan fingerprint density at radius 2 is 1.83 bits per heavy atom. The molecule has 1 heterocycles. The highest BCUT2D eigenvalue weighted by atomic mass is 32.2. The highest BCUT2D eigenvalue weighted by Gasteiger charge is 2.58. The lowest BCUT2D eigenvalue weighted by atomic mass is 9.44. The van der Waals surface area contributed by atoms with Gasteiger partial charge in [-0.05, 0) is 80.2 Å². The van der Waals surface area contributed by atoms with Crippen molar-refractivity contribution in [2.75, 3.05) is 19.6 Å². The van der Waals surface area contributed by atoms with Crippen molar-refractivity contribution >= 4 is 15.9 Å². The molecule has 1 amide bonds. The molecule has 5 nitrogen and oxygen atoms in total. The van der Waals surface area contributed by atoms with Gasteiger partial charge < -0.3 is 5.32 Å². The van der Waals surface area contributed by atoms with Crippen LogP contribution >= 0.6 is 0 Å². The molecule has 29 heavy (non-hydrogen) atoms. The monoisotopic (exact) mass is 416 g/mol. The predicted octanol–water partition coefficient (Wildman–Crippen LogP) is 3.42. The van der Waals surface area contributed by atoms with E-state index in [0.29, 0.717) is 29.9 Å². The van der Waals surface area contributed by atoms with Crippen LogP contribution in [0.15, 0.2) is 35.2 Å². The summed E-state index contributed by atoms with van der Waals surface area (Å²) in [5, 5.41) is 3.25. The lowest BCUT2D eigenvalue weighted by Crippen LogP contribution is -2.57. The molecule has 5 atom stereocenters. The maximum absolute atomic E-state index is 13.3. The van der Waals surface area contributed by atoms with Crippen molar-refractivity contribution < 1.29 is 13.2 Å². The highest BCUT2D eigenvalue weighted by Crippen LogP contribution is 2.65. The topological polar surface area (TPSA) is 66.5 Å². The number of hydrogen-bond donors (Lipinski definition) is 1. The Hall–Kier alpha value is -1.40. The standard InChI is InChI=1S/C23H32N2O3S/c1-22-10-18-9-19(11-22)13-23(12-18,16-22)21(26)24-14-17-7-8-25(15-17)29(27,28)20-5-3-2-4-6-20/h2-6,17-19H,7-16H2,1H3,(H,24,26)/t17?,18-,19+,22?,23?. The summed E-state index contributed by atoms with van der Waals surface area (Å²) >= 11 is 0. The molecule has 3 unspecified atom stereocenters. The largest absolute Gasteiger partial charge is 0.355 e. The minimum atomic E-state index is -3.43. The maximum Gasteiger partial charge on any atom is 0.243 e. The van der Waals surface area contributed by atoms with Crippen molar-refractivity contribution in [3.05, 3.63) is 30.3 Å². The fourth-order valence-electron chi connectivity index (χ4n) is 7.33. The number of sulfonamides is 1. The van der Waals surface area contributed by atoms with E-state index in [9.17, 15) is 13.2 Å². The second kappa shape index (κ2) is 6.81. The molecule has 5 aliphatic rings. The summed E-state index contributed by atoms with van der Waals surface area (Å²) in [6.45, 7) is 4.00. The minimum Gasteiger partial charge on any atom is -0.355 e. The zero-order valence-corrected chi connectivity index (χ0v) is 18.1. The summed E-state index contributed by atoms with van der Waals surface area (Å²) in [5.41, 5.74) is 0.197. The Bertz CT molecular complexity index is 884. The number of hydrogen-bond acceptors (Lipinski definition) is 3. The smallest absolute Gasteiger partial charge is 0.243 e. The molecule has 5 fully saturated rings. The number of nitrogens with one attached hydrogen (secondary N) is 1. The number of carbonyl (C=O) groups is 1. The van der Waals surface area contributed by atoms with E-state index in [1.54, 1.807) is 28.6 Å². The first-order valence-corrected chi connectivity index (χ1v) is 12.6. The molecule has 0 aromatic heterocycles. The van der Waals surface area contributed by atoms with E-state index in [-0.39, 0.29) is 17.2 Å². The van der Waals surface area contributed by atoms with Gasteiger partial charge in [0.25, 0.3) is 0 Å². The van der Waals surface area contributed by atoms with Crippen LogP contribution in [0, 0.1) is 28.6 Å². The van der Waals surface area contributed by atoms with Crippen molar-refractivity contribution in [3.8, 4) is 0 Å². The molecule has 0 radical (unpaired) electrons. The van der Waals surface area contributed by atoms with Crippen LogP contribution in [0.4, 0.5) is 0 Å². The van der Waals surface area contributed by atoms with Gasteiger partial charge in [-0.3, -0.25) is 4.79 Å². The highest BCUT2D eigenvalue weighted by molar-refractivity contribution is 7.89. The van der Waals surface area contributed by atoms with Crippen LogP contribution < -0.4 is 5.32 Å². The molecule has 6 rings (SSSR count). The van der Waals surface area contributed by atoms with Crippen LogP contribution in [0.1, 0.15) is 51.9 Å². The summed E-state index contributed by atoms with van der Waals surface area (Å²) in [5.74, 6) is 1.89. The third kappa shape index (κ3) is 3.42. The van der Waals surface area contributed by atoms with Gasteiger partial charge in [0.2, 0.25) is 15.9 Å². The molecule has 4 aliphatic carbocycles. The van der Waals surface area contributed by atoms with E-state index < -0.39 is 10.0 Å². The first-order chi connectivity index (χ1) is 13.8. The summed E-state index contributed by atoms with van der Waals surface area (Å²) in [4.78, 5) is 13.6. The quantitative estimate of drug-likeness (QED) is 0.800. The third-order valence-electron chi connectivity index (χ3n) is 8.02. The van der Waals surface area contributed by atoms with Gasteiger partial charge >= 0.3 is 0 Å². The predicted molar refractivity (Wildman–Crippen MR) is 112 cm³/mol. The average Bonchev–Trinajstić information content (AvgIpc) is 3.15. The molecule has 4 saturated carbocycles. The zero-order chi connectivity index (χ0) is 20.3. The zero-order valence-electron chi connectivity index (χ0n) is 17.3. The Labute approximate surface area is 174 Å². The van der Waals surface area contributed by atoms with E-state index in [4.69, 9.17) is 0 Å². The summed E-state index contributed by atoms with van der Waals surface area (Å²) in [6.07, 6.45) is 7.88. The second-order valence-corrected chi connectivity index (χ2v) is 12.5. The Morgan fingerprint density at radius 1 is 1.14 bits per heavy atom. The molecule has 1 saturated heterocycles. The molecule has 4 bridgehead atoms. The Balaban J connectivity index is 1.20. The van der Waals surface area contributed by atoms with Gasteiger partial charge in [-0.15, -0.1) is 0 Å². The fourth-order valence-corrected chi connectivity index (χ4v) is 8.89. The van der Waals surface area contributed by atoms with Gasteiger partial charge in [0.05, 0.1) is 10.3 Å². The number of amides is 1. The normalized spacial score (nSPS) is 39.0. The molecule has 1 aromatic rings. The van der Waals surface area contributed by atoms with E-state index >= 15 is 0 Å². The van der Waals surface area contributed by atoms with Gasteiger partial charge in [-0.25, -0.2) is 8.42 Å². The molecule has 1 N–H and O–H groups in total. The number of rotatable bonds is 5. The molecule has 1 aliphatic heterocycles. The number of nitrogens with zero attached hydrogens (tertiary/aromatic N) is 1. The Kier molecular flexibility index (Phi) is 4.59. The van der Waals surface area contributed by atoms with Crippen molar-refractivity contribution in [2.45, 2.75) is 56.8 Å². The van der Waals surface area contributed by atoms with Gasteiger partial charge in [0, 0.05) is 19.6 Å². The summed E-state index contributed by atoms with van der Waals surface area (Å²) in [6, 6.07) is 8.64. The van der Waals surface area contributed by atoms with Crippen LogP contribution in [-0.2, 0) is 14.8 Å². The molecule has 0 spiro atoms. The van der Waals surface area contributed by atoms with Crippen molar-refractivity contribution in [3.63, 3.8) is 0 Å². The fraction of sp³-hybridized carbons (Fsp3) is 0.696. The first-order valence-electron chi connectivity index (χ1n) is 11.1. The van der Waals surface area contributed by atoms with Crippen LogP contribution in [0.2, 0.25) is 0 Å². The molecule has 6 heteroatoms. The third-order valence-corrected chi connectivity index (χ3v) is 9.90. The number of carbonyl (C=O) groups excluding carboxylic acids is 1. The Morgan fingerprint density at radius 3 is 2.48 bits per heavy atom. The van der Waals surface area contributed by atoms with E-state index in [1.807, 2.05) is 6.07 Å². The van der Waals surface area contributed by atoms with Crippen LogP contribution in [-0.4, -0.2) is 38.3 Å². The molecular weight excluding hydrogens is 384 g/mol. The van der Waals surface area contributed by atoms with Crippen LogP contribution in [0.25, 0.3) is 0 Å². The second-order valence-electron chi connectivity index (χ2n) is 10.6. The lowest BCUT2D eigenvalue weighted by molar-refractivity contribution is -0.155. The van der Waals surface area contributed by atoms with E-state index in [2.05, 4.69) is 12.2 Å². The van der Waals surface area contributed by atoms with Gasteiger partial charge in [0.15, 0.2) is 0 Å². The molecule has 158 valence electrons. The van der Waals surface area contributed by atoms with Crippen LogP contribution in [0.3, 0.4) is 0 Å². The van der Waals surface area contributed by atoms with E-state index in [1.165, 1.54) is 19.3 Å². The summed E-state index contributed by atoms with van der Waals surface area (Å²) in [7, 11) is -3.43. The maximum atomic E-state index is 13.3. The number of benzene rings is 1. The van der Waals surface area contributed by atoms with Crippen molar-refractivity contribution in [1.29, 1.82) is 0 Å². The average molecular weight is 417 g/mol. The van der Waals surface area contributed by atoms with Gasteiger partial charge in [0.1, 0.15) is 0 Å². The van der Waals surface area contributed by atoms with Gasteiger partial charge in [-0.1, -0.05) is 25.1 Å². The summed E-state index contributed by atoms with van der Waals surface area (Å²) < 4.78 is 27.2. The van der Waals surface area contributed by atoms with Crippen molar-refractivity contribution in [1.82, 2.24) is 9.62 Å². The SMILES string of the molecule is CC12C[C@H]3C[C@@H](C1)CC(C(=O)NCC1CCN(S(=O)(=O)c4ccccc4)C1)(C3)C2. The van der Waals surface area contributed by atoms with Crippen LogP contribution in [0.5, 0.6) is 0 Å². The van der Waals surface area contributed by atoms with Gasteiger partial charge in [-0.2, -0.15) is 4.31 Å².